The van der Waals surface area contributed by atoms with Gasteiger partial charge in [0.2, 0.25) is 0 Å². The standard InChI is InChI=1S/C18H14BrN5O3/c1-11-17(18(25)22-8-7-12-9-13(19)5-6-16(12)22)20-21-23(11)14-3-2-4-15(10-14)24(26)27/h2-6,9-10H,7-8H2,1H3. The van der Waals surface area contributed by atoms with Crippen LogP contribution >= 0.6 is 15.9 Å². The predicted octanol–water partition coefficient (Wildman–Crippen LogP) is 3.45. The molecule has 9 heteroatoms. The average molecular weight is 428 g/mol. The van der Waals surface area contributed by atoms with Gasteiger partial charge >= 0.3 is 0 Å². The number of carbonyl (C=O) groups is 1. The van der Waals surface area contributed by atoms with Gasteiger partial charge in [-0.2, -0.15) is 0 Å². The summed E-state index contributed by atoms with van der Waals surface area (Å²) in [7, 11) is 0. The van der Waals surface area contributed by atoms with E-state index in [1.165, 1.54) is 16.8 Å². The van der Waals surface area contributed by atoms with Crippen LogP contribution in [0, 0.1) is 17.0 Å². The molecular formula is C18H14BrN5O3. The minimum atomic E-state index is -0.471. The number of anilines is 1. The smallest absolute Gasteiger partial charge is 0.280 e. The fraction of sp³-hybridized carbons (Fsp3) is 0.167. The van der Waals surface area contributed by atoms with Crippen LogP contribution in [0.2, 0.25) is 0 Å². The van der Waals surface area contributed by atoms with Gasteiger partial charge in [-0.1, -0.05) is 27.2 Å². The third-order valence-electron chi connectivity index (χ3n) is 4.56. The van der Waals surface area contributed by atoms with Crippen LogP contribution in [0.15, 0.2) is 46.9 Å². The van der Waals surface area contributed by atoms with Crippen molar-refractivity contribution in [3.8, 4) is 5.69 Å². The molecule has 0 N–H and O–H groups in total. The van der Waals surface area contributed by atoms with Crippen LogP contribution in [-0.4, -0.2) is 32.4 Å². The molecule has 8 nitrogen and oxygen atoms in total. The zero-order valence-electron chi connectivity index (χ0n) is 14.3. The van der Waals surface area contributed by atoms with E-state index in [2.05, 4.69) is 26.2 Å². The first kappa shape index (κ1) is 17.3. The lowest BCUT2D eigenvalue weighted by Gasteiger charge is -2.16. The average Bonchev–Trinajstić information content (AvgIpc) is 3.24. The second-order valence-electron chi connectivity index (χ2n) is 6.19. The van der Waals surface area contributed by atoms with Gasteiger partial charge in [-0.3, -0.25) is 14.9 Å². The SMILES string of the molecule is Cc1c(C(=O)N2CCc3cc(Br)ccc32)nnn1-c1cccc([N+](=O)[O-])c1. The van der Waals surface area contributed by atoms with E-state index in [9.17, 15) is 14.9 Å². The van der Waals surface area contributed by atoms with Crippen LogP contribution in [0.4, 0.5) is 11.4 Å². The van der Waals surface area contributed by atoms with E-state index in [1.807, 2.05) is 18.2 Å². The Morgan fingerprint density at radius 3 is 2.85 bits per heavy atom. The molecule has 0 radical (unpaired) electrons. The van der Waals surface area contributed by atoms with Crippen molar-refractivity contribution in [1.29, 1.82) is 0 Å². The molecule has 0 bridgehead atoms. The minimum Gasteiger partial charge on any atom is -0.306 e. The third kappa shape index (κ3) is 2.99. The van der Waals surface area contributed by atoms with Crippen LogP contribution in [0.1, 0.15) is 21.7 Å². The molecule has 1 amide bonds. The number of nitro benzene ring substituents is 1. The Morgan fingerprint density at radius 1 is 1.26 bits per heavy atom. The molecule has 4 rings (SSSR count). The molecule has 3 aromatic rings. The number of hydrogen-bond acceptors (Lipinski definition) is 5. The van der Waals surface area contributed by atoms with E-state index < -0.39 is 4.92 Å². The summed E-state index contributed by atoms with van der Waals surface area (Å²) in [6.45, 7) is 2.30. The second-order valence-corrected chi connectivity index (χ2v) is 7.11. The summed E-state index contributed by atoms with van der Waals surface area (Å²) in [5.74, 6) is -0.231. The lowest BCUT2D eigenvalue weighted by atomic mass is 10.2. The van der Waals surface area contributed by atoms with Crippen molar-refractivity contribution >= 4 is 33.2 Å². The van der Waals surface area contributed by atoms with E-state index in [-0.39, 0.29) is 17.3 Å². The first-order valence-electron chi connectivity index (χ1n) is 8.23. The van der Waals surface area contributed by atoms with Gasteiger partial charge in [-0.05, 0) is 43.2 Å². The highest BCUT2D eigenvalue weighted by Crippen LogP contribution is 2.32. The molecule has 1 aliphatic rings. The number of benzene rings is 2. The van der Waals surface area contributed by atoms with Crippen LogP contribution in [0.5, 0.6) is 0 Å². The minimum absolute atomic E-state index is 0.0469. The van der Waals surface area contributed by atoms with Crippen molar-refractivity contribution in [2.45, 2.75) is 13.3 Å². The number of aromatic nitrogens is 3. The Bertz CT molecular complexity index is 1080. The van der Waals surface area contributed by atoms with E-state index in [4.69, 9.17) is 0 Å². The van der Waals surface area contributed by atoms with E-state index in [0.29, 0.717) is 17.9 Å². The highest BCUT2D eigenvalue weighted by atomic mass is 79.9. The van der Waals surface area contributed by atoms with Crippen LogP contribution in [0.25, 0.3) is 5.69 Å². The molecule has 2 heterocycles. The van der Waals surface area contributed by atoms with Crippen molar-refractivity contribution < 1.29 is 9.72 Å². The summed E-state index contributed by atoms with van der Waals surface area (Å²) < 4.78 is 2.42. The maximum absolute atomic E-state index is 13.0. The van der Waals surface area contributed by atoms with Gasteiger partial charge in [-0.15, -0.1) is 5.10 Å². The van der Waals surface area contributed by atoms with E-state index in [0.717, 1.165) is 22.1 Å². The zero-order chi connectivity index (χ0) is 19.1. The third-order valence-corrected chi connectivity index (χ3v) is 5.06. The number of nitro groups is 1. The molecule has 0 spiro atoms. The van der Waals surface area contributed by atoms with Gasteiger partial charge in [-0.25, -0.2) is 4.68 Å². The summed E-state index contributed by atoms with van der Waals surface area (Å²) in [5.41, 5.74) is 3.17. The Hall–Kier alpha value is -3.07. The van der Waals surface area contributed by atoms with E-state index >= 15 is 0 Å². The normalized spacial score (nSPS) is 12.9. The molecule has 2 aromatic carbocycles. The molecule has 0 saturated carbocycles. The maximum atomic E-state index is 13.0. The Balaban J connectivity index is 1.68. The molecule has 27 heavy (non-hydrogen) atoms. The fourth-order valence-corrected chi connectivity index (χ4v) is 3.63. The van der Waals surface area contributed by atoms with Crippen LogP contribution in [0.3, 0.4) is 0 Å². The highest BCUT2D eigenvalue weighted by Gasteiger charge is 2.29. The molecular weight excluding hydrogens is 414 g/mol. The zero-order valence-corrected chi connectivity index (χ0v) is 15.9. The Kier molecular flexibility index (Phi) is 4.23. The Morgan fingerprint density at radius 2 is 2.07 bits per heavy atom. The summed E-state index contributed by atoms with van der Waals surface area (Å²) in [5, 5.41) is 19.1. The number of non-ortho nitro benzene ring substituents is 1. The summed E-state index contributed by atoms with van der Waals surface area (Å²) in [4.78, 5) is 25.2. The fourth-order valence-electron chi connectivity index (χ4n) is 3.22. The Labute approximate surface area is 162 Å². The summed E-state index contributed by atoms with van der Waals surface area (Å²) in [6, 6.07) is 11.9. The lowest BCUT2D eigenvalue weighted by molar-refractivity contribution is -0.384. The predicted molar refractivity (Wildman–Crippen MR) is 102 cm³/mol. The first-order valence-corrected chi connectivity index (χ1v) is 9.02. The van der Waals surface area contributed by atoms with Gasteiger partial charge in [0.05, 0.1) is 16.3 Å². The van der Waals surface area contributed by atoms with Crippen molar-refractivity contribution in [2.75, 3.05) is 11.4 Å². The molecule has 0 unspecified atom stereocenters. The number of hydrogen-bond donors (Lipinski definition) is 0. The largest absolute Gasteiger partial charge is 0.306 e. The summed E-state index contributed by atoms with van der Waals surface area (Å²) in [6.07, 6.45) is 0.776. The van der Waals surface area contributed by atoms with Gasteiger partial charge in [0.25, 0.3) is 11.6 Å². The first-order chi connectivity index (χ1) is 13.0. The van der Waals surface area contributed by atoms with E-state index in [1.54, 1.807) is 24.0 Å². The van der Waals surface area contributed by atoms with Gasteiger partial charge < -0.3 is 4.90 Å². The van der Waals surface area contributed by atoms with Crippen molar-refractivity contribution in [3.63, 3.8) is 0 Å². The topological polar surface area (TPSA) is 94.2 Å². The second kappa shape index (κ2) is 6.58. The quantitative estimate of drug-likeness (QED) is 0.471. The molecule has 1 aliphatic heterocycles. The molecule has 0 fully saturated rings. The van der Waals surface area contributed by atoms with Crippen LogP contribution in [-0.2, 0) is 6.42 Å². The number of halogens is 1. The molecule has 0 saturated heterocycles. The molecule has 136 valence electrons. The molecule has 1 aromatic heterocycles. The lowest BCUT2D eigenvalue weighted by Crippen LogP contribution is -2.29. The maximum Gasteiger partial charge on any atom is 0.280 e. The van der Waals surface area contributed by atoms with Crippen molar-refractivity contribution in [3.05, 3.63) is 74.0 Å². The molecule has 0 atom stereocenters. The highest BCUT2D eigenvalue weighted by molar-refractivity contribution is 9.10. The number of nitrogens with zero attached hydrogens (tertiary/aromatic N) is 5. The molecule has 0 aliphatic carbocycles. The van der Waals surface area contributed by atoms with Gasteiger partial charge in [0, 0.05) is 28.8 Å². The van der Waals surface area contributed by atoms with Gasteiger partial charge in [0.15, 0.2) is 5.69 Å². The van der Waals surface area contributed by atoms with Gasteiger partial charge in [0.1, 0.15) is 0 Å². The summed E-state index contributed by atoms with van der Waals surface area (Å²) >= 11 is 3.45. The van der Waals surface area contributed by atoms with Crippen molar-refractivity contribution in [1.82, 2.24) is 15.0 Å². The number of amides is 1. The number of carbonyl (C=O) groups excluding carboxylic acids is 1. The number of fused-ring (bicyclic) bond motifs is 1. The van der Waals surface area contributed by atoms with Crippen LogP contribution < -0.4 is 4.90 Å². The number of rotatable bonds is 3. The van der Waals surface area contributed by atoms with Crippen molar-refractivity contribution in [2.24, 2.45) is 0 Å². The monoisotopic (exact) mass is 427 g/mol.